The van der Waals surface area contributed by atoms with Gasteiger partial charge in [-0.1, -0.05) is 25.1 Å². The first-order chi connectivity index (χ1) is 7.61. The number of thioether (sulfide) groups is 1. The molecule has 8 heteroatoms. The van der Waals surface area contributed by atoms with Gasteiger partial charge in [-0.15, -0.1) is 9.78 Å². The molecule has 1 heterocycles. The lowest BCUT2D eigenvalue weighted by Crippen LogP contribution is -2.39. The average Bonchev–Trinajstić information content (AvgIpc) is 2.56. The van der Waals surface area contributed by atoms with Gasteiger partial charge in [0.05, 0.1) is 0 Å². The van der Waals surface area contributed by atoms with Crippen molar-refractivity contribution < 1.29 is 4.79 Å². The summed E-state index contributed by atoms with van der Waals surface area (Å²) in [5, 5.41) is 6.69. The van der Waals surface area contributed by atoms with Gasteiger partial charge in [-0.25, -0.2) is 9.59 Å². The number of hydrogen-bond acceptors (Lipinski definition) is 5. The first-order valence-electron chi connectivity index (χ1n) is 4.91. The molecule has 1 amide bonds. The Balaban J connectivity index is 2.80. The number of unbranched alkanes of at least 4 members (excludes halogenated alkanes) is 1. The maximum atomic E-state index is 11.5. The highest BCUT2D eigenvalue weighted by Crippen LogP contribution is 2.05. The first kappa shape index (κ1) is 12.6. The molecule has 0 bridgehead atoms. The van der Waals surface area contributed by atoms with Crippen LogP contribution in [-0.4, -0.2) is 33.3 Å². The molecular weight excluding hydrogens is 230 g/mol. The van der Waals surface area contributed by atoms with Gasteiger partial charge in [-0.3, -0.25) is 0 Å². The van der Waals surface area contributed by atoms with E-state index < -0.39 is 11.7 Å². The normalized spacial score (nSPS) is 10.4. The van der Waals surface area contributed by atoms with Gasteiger partial charge in [0.25, 0.3) is 0 Å². The fraction of sp³-hybridized carbons (Fsp3) is 0.625. The van der Waals surface area contributed by atoms with Gasteiger partial charge in [0.1, 0.15) is 0 Å². The summed E-state index contributed by atoms with van der Waals surface area (Å²) in [5.41, 5.74) is -0.640. The van der Waals surface area contributed by atoms with Crippen molar-refractivity contribution in [3.8, 4) is 0 Å². The fourth-order valence-corrected chi connectivity index (χ4v) is 1.52. The third-order valence-electron chi connectivity index (χ3n) is 1.96. The van der Waals surface area contributed by atoms with Crippen LogP contribution < -0.4 is 16.8 Å². The van der Waals surface area contributed by atoms with Crippen LogP contribution in [0.2, 0.25) is 0 Å². The van der Waals surface area contributed by atoms with Crippen LogP contribution in [0.15, 0.2) is 9.95 Å². The average molecular weight is 245 g/mol. The molecule has 16 heavy (non-hydrogen) atoms. The molecule has 1 rings (SSSR count). The first-order valence-corrected chi connectivity index (χ1v) is 6.13. The number of nitrogens with zero attached hydrogens (tertiary/aromatic N) is 3. The number of nitrogens with two attached hydrogens (primary N) is 1. The van der Waals surface area contributed by atoms with Crippen LogP contribution in [0, 0.1) is 0 Å². The summed E-state index contributed by atoms with van der Waals surface area (Å²) in [6.45, 7) is 2.53. The zero-order valence-corrected chi connectivity index (χ0v) is 10.1. The van der Waals surface area contributed by atoms with Gasteiger partial charge in [0, 0.05) is 6.54 Å². The predicted octanol–water partition coefficient (Wildman–Crippen LogP) is -0.162. The summed E-state index contributed by atoms with van der Waals surface area (Å²) in [6.07, 6.45) is 3.56. The molecule has 0 saturated heterocycles. The zero-order valence-electron chi connectivity index (χ0n) is 9.27. The molecule has 0 aliphatic rings. The quantitative estimate of drug-likeness (QED) is 0.436. The van der Waals surface area contributed by atoms with Gasteiger partial charge in [-0.2, -0.15) is 4.68 Å². The van der Waals surface area contributed by atoms with Crippen molar-refractivity contribution in [1.82, 2.24) is 19.8 Å². The minimum absolute atomic E-state index is 0.302. The highest BCUT2D eigenvalue weighted by molar-refractivity contribution is 7.98. The number of amides is 1. The lowest BCUT2D eigenvalue weighted by atomic mass is 10.3. The van der Waals surface area contributed by atoms with Crippen molar-refractivity contribution in [1.29, 1.82) is 0 Å². The second kappa shape index (κ2) is 5.59. The molecular formula is C8H15N5O2S. The molecule has 0 unspecified atom stereocenters. The largest absolute Gasteiger partial charge is 0.374 e. The molecule has 90 valence electrons. The number of nitrogens with one attached hydrogen (secondary N) is 1. The van der Waals surface area contributed by atoms with E-state index in [0.717, 1.165) is 22.2 Å². The molecule has 0 radical (unpaired) electrons. The predicted molar refractivity (Wildman–Crippen MR) is 62.1 cm³/mol. The van der Waals surface area contributed by atoms with E-state index >= 15 is 0 Å². The number of hydrogen-bond donors (Lipinski definition) is 2. The molecule has 0 aliphatic heterocycles. The Labute approximate surface area is 97.0 Å². The summed E-state index contributed by atoms with van der Waals surface area (Å²) in [7, 11) is 0. The Hall–Kier alpha value is -1.44. The number of carbonyl (C=O) groups excluding carboxylic acids is 1. The Morgan fingerprint density at radius 3 is 2.81 bits per heavy atom. The summed E-state index contributed by atoms with van der Waals surface area (Å²) >= 11 is 1.20. The van der Waals surface area contributed by atoms with Crippen molar-refractivity contribution in [2.24, 2.45) is 0 Å². The van der Waals surface area contributed by atoms with E-state index in [2.05, 4.69) is 10.4 Å². The van der Waals surface area contributed by atoms with E-state index in [4.69, 9.17) is 5.84 Å². The van der Waals surface area contributed by atoms with Crippen molar-refractivity contribution in [3.63, 3.8) is 0 Å². The summed E-state index contributed by atoms with van der Waals surface area (Å²) in [4.78, 5) is 23.0. The Bertz CT molecular complexity index is 425. The SMILES string of the molecule is CCCCNC(=O)n1nc(SC)n(N)c1=O. The van der Waals surface area contributed by atoms with E-state index in [1.807, 2.05) is 6.92 Å². The molecule has 0 aliphatic carbocycles. The molecule has 3 N–H and O–H groups in total. The lowest BCUT2D eigenvalue weighted by Gasteiger charge is -2.01. The topological polar surface area (TPSA) is 94.9 Å². The van der Waals surface area contributed by atoms with Crippen LogP contribution in [-0.2, 0) is 0 Å². The van der Waals surface area contributed by atoms with E-state index in [9.17, 15) is 9.59 Å². The number of nitrogen functional groups attached to an aromatic ring is 1. The zero-order chi connectivity index (χ0) is 12.1. The summed E-state index contributed by atoms with van der Waals surface area (Å²) in [6, 6.07) is -0.544. The molecule has 7 nitrogen and oxygen atoms in total. The van der Waals surface area contributed by atoms with Gasteiger partial charge in [0.15, 0.2) is 0 Å². The number of rotatable bonds is 4. The molecule has 1 aromatic heterocycles. The van der Waals surface area contributed by atoms with Crippen LogP contribution in [0.5, 0.6) is 0 Å². The van der Waals surface area contributed by atoms with Crippen LogP contribution in [0.4, 0.5) is 4.79 Å². The molecule has 0 fully saturated rings. The smallest absolute Gasteiger partial charge is 0.336 e. The van der Waals surface area contributed by atoms with Gasteiger partial charge in [-0.05, 0) is 12.7 Å². The molecule has 0 aromatic carbocycles. The van der Waals surface area contributed by atoms with Crippen LogP contribution in [0.25, 0.3) is 0 Å². The molecule has 0 atom stereocenters. The third kappa shape index (κ3) is 2.57. The van der Waals surface area contributed by atoms with Crippen molar-refractivity contribution >= 4 is 17.8 Å². The lowest BCUT2D eigenvalue weighted by molar-refractivity contribution is 0.238. The second-order valence-electron chi connectivity index (χ2n) is 3.14. The monoisotopic (exact) mass is 245 g/mol. The van der Waals surface area contributed by atoms with Gasteiger partial charge < -0.3 is 11.2 Å². The third-order valence-corrected chi connectivity index (χ3v) is 2.60. The van der Waals surface area contributed by atoms with E-state index in [-0.39, 0.29) is 0 Å². The highest BCUT2D eigenvalue weighted by atomic mass is 32.2. The number of aromatic nitrogens is 3. The molecule has 1 aromatic rings. The van der Waals surface area contributed by atoms with Crippen LogP contribution in [0.3, 0.4) is 0 Å². The number of carbonyl (C=O) groups is 1. The Morgan fingerprint density at radius 2 is 2.31 bits per heavy atom. The van der Waals surface area contributed by atoms with E-state index in [1.165, 1.54) is 11.8 Å². The maximum Gasteiger partial charge on any atom is 0.374 e. The van der Waals surface area contributed by atoms with Crippen molar-refractivity contribution in [2.45, 2.75) is 24.9 Å². The molecule has 0 spiro atoms. The maximum absolute atomic E-state index is 11.5. The highest BCUT2D eigenvalue weighted by Gasteiger charge is 2.15. The molecule has 0 saturated carbocycles. The van der Waals surface area contributed by atoms with E-state index in [1.54, 1.807) is 6.26 Å². The van der Waals surface area contributed by atoms with Gasteiger partial charge >= 0.3 is 11.7 Å². The minimum atomic E-state index is -0.640. The fourth-order valence-electron chi connectivity index (χ4n) is 1.08. The van der Waals surface area contributed by atoms with Gasteiger partial charge in [0.2, 0.25) is 5.16 Å². The minimum Gasteiger partial charge on any atom is -0.336 e. The standard InChI is InChI=1S/C8H15N5O2S/c1-3-4-5-10-6(14)13-8(15)12(9)7(11-13)16-2/h3-5,9H2,1-2H3,(H,10,14). The van der Waals surface area contributed by atoms with Crippen LogP contribution >= 0.6 is 11.8 Å². The van der Waals surface area contributed by atoms with Crippen LogP contribution in [0.1, 0.15) is 19.8 Å². The van der Waals surface area contributed by atoms with E-state index in [0.29, 0.717) is 11.7 Å². The Kier molecular flexibility index (Phi) is 4.41. The summed E-state index contributed by atoms with van der Waals surface area (Å²) in [5.74, 6) is 5.43. The Morgan fingerprint density at radius 1 is 1.62 bits per heavy atom. The second-order valence-corrected chi connectivity index (χ2v) is 3.91. The van der Waals surface area contributed by atoms with Crippen molar-refractivity contribution in [2.75, 3.05) is 18.6 Å². The summed E-state index contributed by atoms with van der Waals surface area (Å²) < 4.78 is 1.59. The van der Waals surface area contributed by atoms with Crippen molar-refractivity contribution in [3.05, 3.63) is 10.5 Å².